The van der Waals surface area contributed by atoms with Crippen molar-refractivity contribution >= 4 is 28.8 Å². The van der Waals surface area contributed by atoms with Gasteiger partial charge in [0, 0.05) is 26.2 Å². The lowest BCUT2D eigenvalue weighted by Crippen LogP contribution is -2.43. The van der Waals surface area contributed by atoms with Gasteiger partial charge < -0.3 is 9.47 Å². The molecule has 166 valence electrons. The Labute approximate surface area is 185 Å². The molecule has 8 nitrogen and oxygen atoms in total. The minimum atomic E-state index is -0.430. The molecule has 0 radical (unpaired) electrons. The molecule has 0 fully saturated rings. The third-order valence-corrected chi connectivity index (χ3v) is 6.18. The van der Waals surface area contributed by atoms with Crippen LogP contribution < -0.4 is 11.2 Å². The molecule has 31 heavy (non-hydrogen) atoms. The minimum Gasteiger partial charge on any atom is -0.337 e. The number of thioether (sulfide) groups is 1. The van der Waals surface area contributed by atoms with Crippen LogP contribution in [0.5, 0.6) is 0 Å². The average molecular weight is 444 g/mol. The summed E-state index contributed by atoms with van der Waals surface area (Å²) in [6.45, 7) is 8.39. The van der Waals surface area contributed by atoms with Crippen molar-refractivity contribution in [2.24, 2.45) is 14.1 Å². The lowest BCUT2D eigenvalue weighted by atomic mass is 10.2. The highest BCUT2D eigenvalue weighted by Gasteiger charge is 2.23. The van der Waals surface area contributed by atoms with Gasteiger partial charge in [0.25, 0.3) is 5.56 Å². The topological polar surface area (TPSA) is 82.1 Å². The van der Waals surface area contributed by atoms with E-state index in [9.17, 15) is 14.4 Å². The van der Waals surface area contributed by atoms with Crippen LogP contribution in [0, 0.1) is 0 Å². The molecular formula is C22H29N5O3S. The van der Waals surface area contributed by atoms with E-state index in [1.807, 2.05) is 62.9 Å². The first-order valence-corrected chi connectivity index (χ1v) is 11.3. The quantitative estimate of drug-likeness (QED) is 0.523. The Kier molecular flexibility index (Phi) is 6.74. The Morgan fingerprint density at radius 1 is 1.03 bits per heavy atom. The molecule has 0 atom stereocenters. The third kappa shape index (κ3) is 4.46. The standard InChI is InChI=1S/C22H29N5O3S/c1-14(2)27(15(3)4)17(28)13-31-21-23-19-18(20(29)25(6)22(30)24(19)5)26(21)12-16-10-8-7-9-11-16/h7-11,14-15H,12-13H2,1-6H3. The first-order chi connectivity index (χ1) is 14.6. The maximum atomic E-state index is 13.0. The molecule has 3 rings (SSSR count). The normalized spacial score (nSPS) is 11.6. The van der Waals surface area contributed by atoms with Crippen LogP contribution in [0.15, 0.2) is 45.1 Å². The zero-order valence-corrected chi connectivity index (χ0v) is 19.6. The molecule has 2 aromatic heterocycles. The number of carbonyl (C=O) groups excluding carboxylic acids is 1. The highest BCUT2D eigenvalue weighted by Crippen LogP contribution is 2.24. The Morgan fingerprint density at radius 2 is 1.65 bits per heavy atom. The van der Waals surface area contributed by atoms with Gasteiger partial charge in [0.2, 0.25) is 5.91 Å². The van der Waals surface area contributed by atoms with Gasteiger partial charge >= 0.3 is 5.69 Å². The number of aryl methyl sites for hydroxylation is 1. The predicted molar refractivity (Wildman–Crippen MR) is 124 cm³/mol. The van der Waals surface area contributed by atoms with Crippen molar-refractivity contribution in [1.29, 1.82) is 0 Å². The second kappa shape index (κ2) is 9.13. The summed E-state index contributed by atoms with van der Waals surface area (Å²) in [5.41, 5.74) is 0.847. The Hall–Kier alpha value is -2.81. The molecule has 0 saturated carbocycles. The van der Waals surface area contributed by atoms with Gasteiger partial charge in [-0.3, -0.25) is 18.7 Å². The van der Waals surface area contributed by atoms with E-state index < -0.39 is 11.2 Å². The largest absolute Gasteiger partial charge is 0.337 e. The first-order valence-electron chi connectivity index (χ1n) is 10.3. The molecule has 1 amide bonds. The van der Waals surface area contributed by atoms with Gasteiger partial charge in [0.1, 0.15) is 0 Å². The number of aromatic nitrogens is 4. The van der Waals surface area contributed by atoms with Crippen LogP contribution in [0.3, 0.4) is 0 Å². The van der Waals surface area contributed by atoms with E-state index in [0.29, 0.717) is 22.9 Å². The van der Waals surface area contributed by atoms with Gasteiger partial charge in [-0.1, -0.05) is 42.1 Å². The van der Waals surface area contributed by atoms with E-state index >= 15 is 0 Å². The molecule has 0 aliphatic heterocycles. The second-order valence-corrected chi connectivity index (χ2v) is 9.06. The maximum absolute atomic E-state index is 13.0. The van der Waals surface area contributed by atoms with Crippen LogP contribution in [0.2, 0.25) is 0 Å². The fourth-order valence-electron chi connectivity index (χ4n) is 3.82. The number of imidazole rings is 1. The van der Waals surface area contributed by atoms with Crippen molar-refractivity contribution in [3.63, 3.8) is 0 Å². The number of benzene rings is 1. The van der Waals surface area contributed by atoms with Crippen molar-refractivity contribution in [2.45, 2.75) is 51.5 Å². The molecule has 3 aromatic rings. The second-order valence-electron chi connectivity index (χ2n) is 8.12. The van der Waals surface area contributed by atoms with E-state index in [2.05, 4.69) is 4.98 Å². The van der Waals surface area contributed by atoms with Crippen LogP contribution in [0.25, 0.3) is 11.2 Å². The van der Waals surface area contributed by atoms with Crippen molar-refractivity contribution < 1.29 is 4.79 Å². The van der Waals surface area contributed by atoms with Gasteiger partial charge in [-0.2, -0.15) is 0 Å². The van der Waals surface area contributed by atoms with E-state index in [1.54, 1.807) is 11.6 Å². The summed E-state index contributed by atoms with van der Waals surface area (Å²) >= 11 is 1.29. The lowest BCUT2D eigenvalue weighted by molar-refractivity contribution is -0.131. The summed E-state index contributed by atoms with van der Waals surface area (Å²) in [6, 6.07) is 9.91. The highest BCUT2D eigenvalue weighted by molar-refractivity contribution is 7.99. The number of carbonyl (C=O) groups is 1. The summed E-state index contributed by atoms with van der Waals surface area (Å²) in [6.07, 6.45) is 0. The monoisotopic (exact) mass is 443 g/mol. The molecular weight excluding hydrogens is 414 g/mol. The Morgan fingerprint density at radius 3 is 2.23 bits per heavy atom. The summed E-state index contributed by atoms with van der Waals surface area (Å²) < 4.78 is 4.27. The Bertz CT molecular complexity index is 1200. The minimum absolute atomic E-state index is 0.00936. The summed E-state index contributed by atoms with van der Waals surface area (Å²) in [4.78, 5) is 44.7. The molecule has 0 unspecified atom stereocenters. The molecule has 2 heterocycles. The van der Waals surface area contributed by atoms with Crippen LogP contribution in [-0.2, 0) is 25.4 Å². The predicted octanol–water partition coefficient (Wildman–Crippen LogP) is 2.22. The third-order valence-electron chi connectivity index (χ3n) is 5.22. The molecule has 0 bridgehead atoms. The van der Waals surface area contributed by atoms with Crippen molar-refractivity contribution in [3.05, 3.63) is 56.7 Å². The number of nitrogens with zero attached hydrogens (tertiary/aromatic N) is 5. The van der Waals surface area contributed by atoms with E-state index in [0.717, 1.165) is 10.1 Å². The lowest BCUT2D eigenvalue weighted by Gasteiger charge is -2.30. The van der Waals surface area contributed by atoms with E-state index in [4.69, 9.17) is 0 Å². The average Bonchev–Trinajstić information content (AvgIpc) is 3.07. The molecule has 0 saturated heterocycles. The number of rotatable bonds is 7. The molecule has 0 N–H and O–H groups in total. The van der Waals surface area contributed by atoms with E-state index in [-0.39, 0.29) is 23.7 Å². The fraction of sp³-hybridized carbons (Fsp3) is 0.455. The van der Waals surface area contributed by atoms with Crippen molar-refractivity contribution in [1.82, 2.24) is 23.6 Å². The first kappa shape index (κ1) is 22.9. The molecule has 0 spiro atoms. The van der Waals surface area contributed by atoms with Crippen LogP contribution in [0.4, 0.5) is 0 Å². The van der Waals surface area contributed by atoms with Gasteiger partial charge in [0.05, 0.1) is 12.3 Å². The maximum Gasteiger partial charge on any atom is 0.332 e. The van der Waals surface area contributed by atoms with Crippen molar-refractivity contribution in [3.8, 4) is 0 Å². The van der Waals surface area contributed by atoms with Gasteiger partial charge in [-0.05, 0) is 33.3 Å². The number of amides is 1. The highest BCUT2D eigenvalue weighted by atomic mass is 32.2. The molecule has 1 aromatic carbocycles. The smallest absolute Gasteiger partial charge is 0.332 e. The van der Waals surface area contributed by atoms with Gasteiger partial charge in [0.15, 0.2) is 16.3 Å². The van der Waals surface area contributed by atoms with Crippen LogP contribution in [0.1, 0.15) is 33.3 Å². The summed E-state index contributed by atoms with van der Waals surface area (Å²) in [7, 11) is 3.06. The van der Waals surface area contributed by atoms with Gasteiger partial charge in [-0.25, -0.2) is 9.78 Å². The fourth-order valence-corrected chi connectivity index (χ4v) is 4.69. The van der Waals surface area contributed by atoms with Crippen LogP contribution in [-0.4, -0.2) is 47.3 Å². The molecule has 9 heteroatoms. The number of fused-ring (bicyclic) bond motifs is 1. The van der Waals surface area contributed by atoms with Gasteiger partial charge in [-0.15, -0.1) is 0 Å². The molecule has 0 aliphatic rings. The zero-order valence-electron chi connectivity index (χ0n) is 18.8. The number of hydrogen-bond acceptors (Lipinski definition) is 5. The Balaban J connectivity index is 2.08. The van der Waals surface area contributed by atoms with Crippen molar-refractivity contribution in [2.75, 3.05) is 5.75 Å². The molecule has 0 aliphatic carbocycles. The SMILES string of the molecule is CC(C)N(C(=O)CSc1nc2c(c(=O)n(C)c(=O)n2C)n1Cc1ccccc1)C(C)C. The zero-order chi connectivity index (χ0) is 22.9. The van der Waals surface area contributed by atoms with Crippen LogP contribution >= 0.6 is 11.8 Å². The summed E-state index contributed by atoms with van der Waals surface area (Å²) in [5.74, 6) is 0.207. The summed E-state index contributed by atoms with van der Waals surface area (Å²) in [5, 5.41) is 0.540. The number of hydrogen-bond donors (Lipinski definition) is 0. The van der Waals surface area contributed by atoms with E-state index in [1.165, 1.54) is 23.4 Å².